The predicted octanol–water partition coefficient (Wildman–Crippen LogP) is 2.05. The second-order valence-electron chi connectivity index (χ2n) is 5.38. The highest BCUT2D eigenvalue weighted by atomic mass is 32.2. The third-order valence-corrected chi connectivity index (χ3v) is 5.68. The molecular weight excluding hydrogens is 286 g/mol. The van der Waals surface area contributed by atoms with Crippen molar-refractivity contribution in [2.45, 2.75) is 24.7 Å². The highest BCUT2D eigenvalue weighted by molar-refractivity contribution is 7.89. The number of rotatable bonds is 5. The van der Waals surface area contributed by atoms with Crippen molar-refractivity contribution in [3.05, 3.63) is 29.8 Å². The van der Waals surface area contributed by atoms with Crippen molar-refractivity contribution in [1.82, 2.24) is 4.31 Å². The molecule has 0 atom stereocenters. The summed E-state index contributed by atoms with van der Waals surface area (Å²) in [6, 6.07) is 7.00. The van der Waals surface area contributed by atoms with Crippen molar-refractivity contribution in [1.29, 1.82) is 0 Å². The maximum Gasteiger partial charge on any atom is 0.243 e. The molecular formula is C16H21NO3S. The van der Waals surface area contributed by atoms with Crippen LogP contribution in [0, 0.1) is 25.2 Å². The first-order chi connectivity index (χ1) is 10.0. The van der Waals surface area contributed by atoms with E-state index in [4.69, 9.17) is 11.2 Å². The molecule has 0 aromatic heterocycles. The molecule has 0 unspecified atom stereocenters. The molecule has 0 bridgehead atoms. The first-order valence-corrected chi connectivity index (χ1v) is 8.56. The van der Waals surface area contributed by atoms with Gasteiger partial charge >= 0.3 is 0 Å². The molecule has 1 fully saturated rings. The van der Waals surface area contributed by atoms with Gasteiger partial charge < -0.3 is 4.74 Å². The molecule has 4 nitrogen and oxygen atoms in total. The smallest absolute Gasteiger partial charge is 0.243 e. The summed E-state index contributed by atoms with van der Waals surface area (Å²) < 4.78 is 32.0. The summed E-state index contributed by atoms with van der Waals surface area (Å²) in [5, 5.41) is 0. The van der Waals surface area contributed by atoms with E-state index in [1.807, 2.05) is 19.1 Å². The monoisotopic (exact) mass is 307 g/mol. The molecule has 1 heterocycles. The number of hydrogen-bond donors (Lipinski definition) is 0. The third-order valence-electron chi connectivity index (χ3n) is 3.77. The van der Waals surface area contributed by atoms with E-state index in [0.29, 0.717) is 37.1 Å². The maximum atomic E-state index is 12.5. The molecule has 2 rings (SSSR count). The maximum absolute atomic E-state index is 12.5. The van der Waals surface area contributed by atoms with Gasteiger partial charge in [-0.05, 0) is 37.8 Å². The van der Waals surface area contributed by atoms with Crippen molar-refractivity contribution < 1.29 is 13.2 Å². The van der Waals surface area contributed by atoms with Crippen LogP contribution in [0.1, 0.15) is 18.4 Å². The minimum Gasteiger partial charge on any atom is -0.369 e. The normalized spacial score (nSPS) is 17.5. The molecule has 0 amide bonds. The number of terminal acetylenes is 1. The van der Waals surface area contributed by atoms with Crippen LogP contribution < -0.4 is 0 Å². The van der Waals surface area contributed by atoms with E-state index in [-0.39, 0.29) is 0 Å². The molecule has 1 aromatic carbocycles. The first-order valence-electron chi connectivity index (χ1n) is 7.12. The lowest BCUT2D eigenvalue weighted by Crippen LogP contribution is -2.39. The Kier molecular flexibility index (Phi) is 5.40. The van der Waals surface area contributed by atoms with Gasteiger partial charge in [-0.25, -0.2) is 8.42 Å². The van der Waals surface area contributed by atoms with Gasteiger partial charge in [-0.3, -0.25) is 0 Å². The average Bonchev–Trinajstić information content (AvgIpc) is 2.48. The van der Waals surface area contributed by atoms with E-state index in [9.17, 15) is 8.42 Å². The van der Waals surface area contributed by atoms with E-state index in [2.05, 4.69) is 5.92 Å². The fraction of sp³-hybridized carbons (Fsp3) is 0.500. The quantitative estimate of drug-likeness (QED) is 0.618. The first kappa shape index (κ1) is 16.0. The number of sulfonamides is 1. The Morgan fingerprint density at radius 1 is 1.29 bits per heavy atom. The number of piperidine rings is 1. The Hall–Kier alpha value is -1.35. The molecule has 0 aliphatic carbocycles. The number of ether oxygens (including phenoxy) is 1. The largest absolute Gasteiger partial charge is 0.369 e. The van der Waals surface area contributed by atoms with E-state index in [1.54, 1.807) is 16.4 Å². The average molecular weight is 307 g/mol. The Morgan fingerprint density at radius 3 is 2.48 bits per heavy atom. The topological polar surface area (TPSA) is 46.6 Å². The highest BCUT2D eigenvalue weighted by Gasteiger charge is 2.29. The highest BCUT2D eigenvalue weighted by Crippen LogP contribution is 2.24. The third kappa shape index (κ3) is 4.07. The van der Waals surface area contributed by atoms with E-state index >= 15 is 0 Å². The standard InChI is InChI=1S/C16H21NO3S/c1-3-12-20-13-15-8-10-17(11-9-15)21(18,19)16-6-4-14(2)5-7-16/h1,4-7,15H,8-13H2,2H3. The summed E-state index contributed by atoms with van der Waals surface area (Å²) in [4.78, 5) is 0.370. The van der Waals surface area contributed by atoms with Crippen LogP contribution in [0.3, 0.4) is 0 Å². The molecule has 0 radical (unpaired) electrons. The molecule has 1 saturated heterocycles. The molecule has 21 heavy (non-hydrogen) atoms. The van der Waals surface area contributed by atoms with Crippen molar-refractivity contribution in [2.75, 3.05) is 26.3 Å². The second-order valence-corrected chi connectivity index (χ2v) is 7.32. The molecule has 0 N–H and O–H groups in total. The number of hydrogen-bond acceptors (Lipinski definition) is 3. The van der Waals surface area contributed by atoms with Crippen molar-refractivity contribution >= 4 is 10.0 Å². The number of benzene rings is 1. The molecule has 0 spiro atoms. The van der Waals surface area contributed by atoms with Gasteiger partial charge in [0, 0.05) is 13.1 Å². The molecule has 114 valence electrons. The van der Waals surface area contributed by atoms with Crippen LogP contribution in [-0.2, 0) is 14.8 Å². The van der Waals surface area contributed by atoms with Gasteiger partial charge in [-0.15, -0.1) is 6.42 Å². The van der Waals surface area contributed by atoms with E-state index in [0.717, 1.165) is 18.4 Å². The zero-order valence-electron chi connectivity index (χ0n) is 12.3. The van der Waals surface area contributed by atoms with Crippen molar-refractivity contribution in [3.63, 3.8) is 0 Å². The summed E-state index contributed by atoms with van der Waals surface area (Å²) in [6.07, 6.45) is 6.77. The summed E-state index contributed by atoms with van der Waals surface area (Å²) in [7, 11) is -3.37. The van der Waals surface area contributed by atoms with Crippen LogP contribution in [0.5, 0.6) is 0 Å². The van der Waals surface area contributed by atoms with Gasteiger partial charge in [0.05, 0.1) is 11.5 Å². The summed E-state index contributed by atoms with van der Waals surface area (Å²) >= 11 is 0. The summed E-state index contributed by atoms with van der Waals surface area (Å²) in [6.45, 7) is 3.96. The van der Waals surface area contributed by atoms with Crippen LogP contribution >= 0.6 is 0 Å². The Labute approximate surface area is 127 Å². The molecule has 1 aliphatic heterocycles. The zero-order valence-corrected chi connectivity index (χ0v) is 13.1. The lowest BCUT2D eigenvalue weighted by molar-refractivity contribution is 0.101. The van der Waals surface area contributed by atoms with Gasteiger partial charge in [0.2, 0.25) is 10.0 Å². The van der Waals surface area contributed by atoms with E-state index in [1.165, 1.54) is 0 Å². The van der Waals surface area contributed by atoms with Crippen molar-refractivity contribution in [2.24, 2.45) is 5.92 Å². The van der Waals surface area contributed by atoms with Gasteiger partial charge in [-0.2, -0.15) is 4.31 Å². The van der Waals surface area contributed by atoms with Gasteiger partial charge in [-0.1, -0.05) is 23.6 Å². The molecule has 5 heteroatoms. The van der Waals surface area contributed by atoms with Gasteiger partial charge in [0.25, 0.3) is 0 Å². The predicted molar refractivity (Wildman–Crippen MR) is 82.3 cm³/mol. The lowest BCUT2D eigenvalue weighted by atomic mass is 9.99. The SMILES string of the molecule is C#CCOCC1CCN(S(=O)(=O)c2ccc(C)cc2)CC1. The molecule has 1 aliphatic rings. The van der Waals surface area contributed by atoms with E-state index < -0.39 is 10.0 Å². The molecule has 1 aromatic rings. The van der Waals surface area contributed by atoms with Gasteiger partial charge in [0.1, 0.15) is 6.61 Å². The number of nitrogens with zero attached hydrogens (tertiary/aromatic N) is 1. The zero-order chi connectivity index (χ0) is 15.3. The fourth-order valence-corrected chi connectivity index (χ4v) is 3.93. The Morgan fingerprint density at radius 2 is 1.90 bits per heavy atom. The second kappa shape index (κ2) is 7.08. The van der Waals surface area contributed by atoms with Crippen LogP contribution in [0.25, 0.3) is 0 Å². The lowest BCUT2D eigenvalue weighted by Gasteiger charge is -2.31. The van der Waals surface area contributed by atoms with Crippen LogP contribution in [0.4, 0.5) is 0 Å². The Bertz CT molecular complexity index is 593. The summed E-state index contributed by atoms with van der Waals surface area (Å²) in [5.41, 5.74) is 1.05. The van der Waals surface area contributed by atoms with Crippen molar-refractivity contribution in [3.8, 4) is 12.3 Å². The summed E-state index contributed by atoms with van der Waals surface area (Å²) in [5.74, 6) is 2.83. The van der Waals surface area contributed by atoms with Gasteiger partial charge in [0.15, 0.2) is 0 Å². The minimum absolute atomic E-state index is 0.321. The van der Waals surface area contributed by atoms with Crippen LogP contribution in [-0.4, -0.2) is 39.0 Å². The molecule has 0 saturated carbocycles. The minimum atomic E-state index is -3.37. The number of aryl methyl sites for hydroxylation is 1. The Balaban J connectivity index is 1.95. The van der Waals surface area contributed by atoms with Crippen LogP contribution in [0.15, 0.2) is 29.2 Å². The fourth-order valence-electron chi connectivity index (χ4n) is 2.46. The van der Waals surface area contributed by atoms with Crippen LogP contribution in [0.2, 0.25) is 0 Å².